The molecule has 2 fully saturated rings. The molecule has 0 unspecified atom stereocenters. The van der Waals surface area contributed by atoms with Crippen molar-refractivity contribution in [1.82, 2.24) is 9.80 Å². The molecule has 3 heterocycles. The molecule has 2 aromatic rings. The molecule has 0 spiro atoms. The van der Waals surface area contributed by atoms with Crippen LogP contribution in [0.25, 0.3) is 6.08 Å². The Kier molecular flexibility index (Phi) is 8.19. The van der Waals surface area contributed by atoms with Crippen LogP contribution in [0.15, 0.2) is 53.2 Å². The summed E-state index contributed by atoms with van der Waals surface area (Å²) in [6.07, 6.45) is 5.92. The molecule has 0 bridgehead atoms. The van der Waals surface area contributed by atoms with Gasteiger partial charge in [0.25, 0.3) is 12.4 Å². The molecule has 7 nitrogen and oxygen atoms in total. The van der Waals surface area contributed by atoms with Crippen molar-refractivity contribution in [2.75, 3.05) is 26.2 Å². The van der Waals surface area contributed by atoms with Crippen LogP contribution in [0.2, 0.25) is 0 Å². The summed E-state index contributed by atoms with van der Waals surface area (Å²) in [7, 11) is 0. The van der Waals surface area contributed by atoms with Crippen LogP contribution >= 0.6 is 11.3 Å². The number of hydrogen-bond donors (Lipinski definition) is 2. The maximum absolute atomic E-state index is 13.1. The van der Waals surface area contributed by atoms with Gasteiger partial charge in [-0.15, -0.1) is 0 Å². The number of carbonyl (C=O) groups excluding carboxylic acids is 2. The van der Waals surface area contributed by atoms with Crippen LogP contribution in [0.3, 0.4) is 0 Å². The lowest BCUT2D eigenvalue weighted by Gasteiger charge is -2.54. The fourth-order valence-electron chi connectivity index (χ4n) is 4.59. The van der Waals surface area contributed by atoms with Crippen LogP contribution in [-0.4, -0.2) is 70.6 Å². The number of nitrogens with zero attached hydrogens (tertiary/aromatic N) is 2. The third kappa shape index (κ3) is 5.26. The first kappa shape index (κ1) is 23.7. The number of amides is 2. The number of aliphatic hydroxyl groups is 1. The van der Waals surface area contributed by atoms with Crippen molar-refractivity contribution < 1.29 is 24.6 Å². The van der Waals surface area contributed by atoms with Gasteiger partial charge in [0.1, 0.15) is 0 Å². The summed E-state index contributed by atoms with van der Waals surface area (Å²) in [5.74, 6) is -0.0446. The Bertz CT molecular complexity index is 931. The molecule has 170 valence electrons. The van der Waals surface area contributed by atoms with Crippen molar-refractivity contribution >= 4 is 35.7 Å². The number of rotatable bonds is 4. The van der Waals surface area contributed by atoms with Crippen molar-refractivity contribution in [2.45, 2.75) is 25.3 Å². The summed E-state index contributed by atoms with van der Waals surface area (Å²) < 4.78 is 0. The molecule has 4 rings (SSSR count). The molecule has 0 aliphatic carbocycles. The second-order valence-electron chi connectivity index (χ2n) is 8.03. The molecule has 2 aliphatic rings. The normalized spacial score (nSPS) is 22.6. The molecule has 2 saturated heterocycles. The van der Waals surface area contributed by atoms with E-state index in [0.717, 1.165) is 18.4 Å². The van der Waals surface area contributed by atoms with Crippen molar-refractivity contribution in [2.24, 2.45) is 5.41 Å². The highest BCUT2D eigenvalue weighted by Crippen LogP contribution is 2.42. The third-order valence-corrected chi connectivity index (χ3v) is 6.99. The first-order valence-electron chi connectivity index (χ1n) is 10.6. The first-order chi connectivity index (χ1) is 15.5. The minimum Gasteiger partial charge on any atom is -0.483 e. The summed E-state index contributed by atoms with van der Waals surface area (Å²) in [4.78, 5) is 38.0. The van der Waals surface area contributed by atoms with E-state index in [9.17, 15) is 14.7 Å². The molecule has 0 radical (unpaired) electrons. The van der Waals surface area contributed by atoms with Crippen LogP contribution in [0.4, 0.5) is 0 Å². The van der Waals surface area contributed by atoms with E-state index >= 15 is 0 Å². The van der Waals surface area contributed by atoms with Crippen LogP contribution in [0, 0.1) is 5.41 Å². The second-order valence-corrected chi connectivity index (χ2v) is 8.81. The monoisotopic (exact) mass is 456 g/mol. The fraction of sp³-hybridized carbons (Fsp3) is 0.375. The fourth-order valence-corrected chi connectivity index (χ4v) is 5.22. The van der Waals surface area contributed by atoms with E-state index in [1.807, 2.05) is 63.0 Å². The zero-order valence-electron chi connectivity index (χ0n) is 17.8. The van der Waals surface area contributed by atoms with Gasteiger partial charge in [-0.2, -0.15) is 11.3 Å². The maximum Gasteiger partial charge on any atom is 0.290 e. The topological polar surface area (TPSA) is 98.2 Å². The minimum absolute atomic E-state index is 0.00269. The van der Waals surface area contributed by atoms with Gasteiger partial charge in [0.05, 0.1) is 18.2 Å². The van der Waals surface area contributed by atoms with Crippen LogP contribution in [-0.2, 0) is 9.59 Å². The highest BCUT2D eigenvalue weighted by molar-refractivity contribution is 7.08. The van der Waals surface area contributed by atoms with Crippen molar-refractivity contribution in [3.63, 3.8) is 0 Å². The van der Waals surface area contributed by atoms with Crippen molar-refractivity contribution in [3.05, 3.63) is 64.4 Å². The molecule has 8 heteroatoms. The quantitative estimate of drug-likeness (QED) is 0.545. The van der Waals surface area contributed by atoms with E-state index in [2.05, 4.69) is 0 Å². The highest BCUT2D eigenvalue weighted by atomic mass is 32.1. The number of likely N-dealkylation sites (tertiary alicyclic amines) is 2. The Morgan fingerprint density at radius 3 is 2.56 bits per heavy atom. The lowest BCUT2D eigenvalue weighted by Crippen LogP contribution is -2.64. The molecule has 32 heavy (non-hydrogen) atoms. The number of benzene rings is 1. The van der Waals surface area contributed by atoms with E-state index < -0.39 is 0 Å². The van der Waals surface area contributed by atoms with Crippen molar-refractivity contribution in [1.29, 1.82) is 0 Å². The van der Waals surface area contributed by atoms with Gasteiger partial charge >= 0.3 is 0 Å². The second kappa shape index (κ2) is 11.1. The lowest BCUT2D eigenvalue weighted by molar-refractivity contribution is -0.134. The summed E-state index contributed by atoms with van der Waals surface area (Å²) in [6.45, 7) is 1.54. The molecule has 0 saturated carbocycles. The summed E-state index contributed by atoms with van der Waals surface area (Å²) >= 11 is 1.51. The smallest absolute Gasteiger partial charge is 0.290 e. The van der Waals surface area contributed by atoms with E-state index in [1.165, 1.54) is 11.3 Å². The number of aliphatic hydroxyl groups excluding tert-OH is 1. The first-order valence-corrected chi connectivity index (χ1v) is 11.5. The summed E-state index contributed by atoms with van der Waals surface area (Å²) in [5.41, 5.74) is 1.36. The average molecular weight is 457 g/mol. The Morgan fingerprint density at radius 1 is 1.16 bits per heavy atom. The van der Waals surface area contributed by atoms with Gasteiger partial charge in [0, 0.05) is 36.5 Å². The van der Waals surface area contributed by atoms with Crippen LogP contribution in [0.5, 0.6) is 0 Å². The van der Waals surface area contributed by atoms with Gasteiger partial charge in [0.15, 0.2) is 0 Å². The molecular weight excluding hydrogens is 428 g/mol. The number of thiophene rings is 1. The Labute approximate surface area is 191 Å². The SMILES string of the molecule is O=C(C=Cc1ccccc1)N1CC[C@]2(CO)CCCN(C(=O)c3ccsc3)[C@H]2C1.O=CO. The van der Waals surface area contributed by atoms with Crippen LogP contribution in [0.1, 0.15) is 35.2 Å². The predicted molar refractivity (Wildman–Crippen MR) is 123 cm³/mol. The van der Waals surface area contributed by atoms with Gasteiger partial charge in [-0.05, 0) is 42.3 Å². The molecular formula is C24H28N2O5S. The van der Waals surface area contributed by atoms with E-state index in [4.69, 9.17) is 9.90 Å². The van der Waals surface area contributed by atoms with Gasteiger partial charge in [0.2, 0.25) is 5.91 Å². The number of piperidine rings is 2. The summed E-state index contributed by atoms with van der Waals surface area (Å²) in [5, 5.41) is 20.9. The maximum atomic E-state index is 13.1. The summed E-state index contributed by atoms with van der Waals surface area (Å²) in [6, 6.07) is 11.4. The third-order valence-electron chi connectivity index (χ3n) is 6.30. The molecule has 1 aromatic carbocycles. The molecule has 2 amide bonds. The number of carboxylic acid groups (broad SMARTS) is 1. The standard InChI is InChI=1S/C23H26N2O3S.CH2O2/c26-17-23-10-4-12-25(22(28)19-9-14-29-16-19)20(23)15-24(13-11-23)21(27)8-7-18-5-2-1-3-6-18;2-1-3/h1-3,5-9,14,16,20,26H,4,10-13,15,17H2;1H,(H,2,3)/t20-,23-;/m0./s1. The van der Waals surface area contributed by atoms with E-state index in [1.54, 1.807) is 6.08 Å². The zero-order chi connectivity index (χ0) is 23.0. The number of fused-ring (bicyclic) bond motifs is 1. The van der Waals surface area contributed by atoms with E-state index in [0.29, 0.717) is 31.6 Å². The largest absolute Gasteiger partial charge is 0.483 e. The lowest BCUT2D eigenvalue weighted by atomic mass is 9.68. The zero-order valence-corrected chi connectivity index (χ0v) is 18.6. The molecule has 2 aliphatic heterocycles. The average Bonchev–Trinajstić information content (AvgIpc) is 3.37. The van der Waals surface area contributed by atoms with E-state index in [-0.39, 0.29) is 36.4 Å². The molecule has 1 aromatic heterocycles. The Morgan fingerprint density at radius 2 is 1.91 bits per heavy atom. The predicted octanol–water partition coefficient (Wildman–Crippen LogP) is 2.98. The van der Waals surface area contributed by atoms with Gasteiger partial charge < -0.3 is 20.0 Å². The highest BCUT2D eigenvalue weighted by Gasteiger charge is 2.49. The molecule has 2 atom stereocenters. The van der Waals surface area contributed by atoms with Crippen molar-refractivity contribution in [3.8, 4) is 0 Å². The van der Waals surface area contributed by atoms with Gasteiger partial charge in [-0.3, -0.25) is 14.4 Å². The number of carbonyl (C=O) groups is 3. The molecule has 2 N–H and O–H groups in total. The van der Waals surface area contributed by atoms with Gasteiger partial charge in [-0.1, -0.05) is 30.3 Å². The van der Waals surface area contributed by atoms with Gasteiger partial charge in [-0.25, -0.2) is 0 Å². The Hall–Kier alpha value is -2.97. The number of hydrogen-bond acceptors (Lipinski definition) is 5. The minimum atomic E-state index is -0.316. The Balaban J connectivity index is 0.000000913. The van der Waals surface area contributed by atoms with Crippen LogP contribution < -0.4 is 0 Å².